The maximum absolute atomic E-state index is 12.4. The fourth-order valence-electron chi connectivity index (χ4n) is 5.33. The van der Waals surface area contributed by atoms with E-state index in [0.717, 1.165) is 42.6 Å². The molecule has 1 aliphatic carbocycles. The van der Waals surface area contributed by atoms with Crippen LogP contribution in [0.4, 0.5) is 0 Å². The van der Waals surface area contributed by atoms with Crippen molar-refractivity contribution in [2.75, 3.05) is 19.9 Å². The SMILES string of the molecule is COC(=O)C=Cc1ccc2c(c1)CCC2N(CCc1c[nH]c2ccccc12)Cc1cccn1S(C)(=O)=O. The number of carbonyl (C=O) groups excluding carboxylic acids is 1. The van der Waals surface area contributed by atoms with Gasteiger partial charge in [-0.25, -0.2) is 17.2 Å². The highest BCUT2D eigenvalue weighted by molar-refractivity contribution is 7.89. The minimum atomic E-state index is -3.39. The van der Waals surface area contributed by atoms with E-state index < -0.39 is 10.0 Å². The summed E-state index contributed by atoms with van der Waals surface area (Å²) in [5.41, 5.74) is 6.60. The second kappa shape index (κ2) is 10.4. The standard InChI is InChI=1S/C29H31N3O4S/c1-36-29(33)14-10-21-9-12-26-22(18-21)11-13-28(26)31(20-24-6-5-16-32(24)37(2,34)35)17-15-23-19-30-27-8-4-3-7-25(23)27/h3-10,12,14,16,18-19,28,30H,11,13,15,17,20H2,1-2H3. The van der Waals surface area contributed by atoms with Gasteiger partial charge < -0.3 is 9.72 Å². The first-order chi connectivity index (χ1) is 17.8. The van der Waals surface area contributed by atoms with Gasteiger partial charge in [0.1, 0.15) is 0 Å². The predicted molar refractivity (Wildman–Crippen MR) is 146 cm³/mol. The van der Waals surface area contributed by atoms with Gasteiger partial charge in [-0.15, -0.1) is 0 Å². The second-order valence-electron chi connectivity index (χ2n) is 9.51. The normalized spacial score (nSPS) is 15.6. The third-order valence-corrected chi connectivity index (χ3v) is 8.20. The van der Waals surface area contributed by atoms with E-state index in [2.05, 4.69) is 46.4 Å². The molecule has 2 heterocycles. The van der Waals surface area contributed by atoms with Crippen molar-refractivity contribution in [1.82, 2.24) is 13.9 Å². The number of esters is 1. The Kier molecular flexibility index (Phi) is 7.04. The van der Waals surface area contributed by atoms with Crippen LogP contribution >= 0.6 is 0 Å². The first kappa shape index (κ1) is 25.0. The van der Waals surface area contributed by atoms with E-state index >= 15 is 0 Å². The number of para-hydroxylation sites is 1. The van der Waals surface area contributed by atoms with Gasteiger partial charge in [0.2, 0.25) is 10.0 Å². The molecule has 2 aromatic carbocycles. The third-order valence-electron chi connectivity index (χ3n) is 7.13. The lowest BCUT2D eigenvalue weighted by Gasteiger charge is -2.30. The number of aryl methyl sites for hydroxylation is 1. The van der Waals surface area contributed by atoms with E-state index in [0.29, 0.717) is 6.54 Å². The summed E-state index contributed by atoms with van der Waals surface area (Å²) in [6.45, 7) is 1.31. The first-order valence-corrected chi connectivity index (χ1v) is 14.2. The van der Waals surface area contributed by atoms with E-state index in [4.69, 9.17) is 4.74 Å². The van der Waals surface area contributed by atoms with E-state index in [-0.39, 0.29) is 12.0 Å². The molecule has 4 aromatic rings. The van der Waals surface area contributed by atoms with Crippen LogP contribution < -0.4 is 0 Å². The van der Waals surface area contributed by atoms with Crippen molar-refractivity contribution in [3.63, 3.8) is 0 Å². The quantitative estimate of drug-likeness (QED) is 0.257. The van der Waals surface area contributed by atoms with Crippen LogP contribution in [-0.4, -0.2) is 48.2 Å². The number of ether oxygens (including phenoxy) is 1. The van der Waals surface area contributed by atoms with Crippen molar-refractivity contribution in [3.8, 4) is 0 Å². The number of rotatable bonds is 9. The van der Waals surface area contributed by atoms with Crippen molar-refractivity contribution in [2.45, 2.75) is 31.8 Å². The zero-order chi connectivity index (χ0) is 26.0. The molecule has 1 unspecified atom stereocenters. The average Bonchev–Trinajstić information content (AvgIpc) is 3.63. The Balaban J connectivity index is 1.44. The highest BCUT2D eigenvalue weighted by atomic mass is 32.2. The molecule has 0 saturated carbocycles. The maximum Gasteiger partial charge on any atom is 0.330 e. The number of aromatic nitrogens is 2. The lowest BCUT2D eigenvalue weighted by molar-refractivity contribution is -0.134. The molecule has 37 heavy (non-hydrogen) atoms. The monoisotopic (exact) mass is 517 g/mol. The van der Waals surface area contributed by atoms with Gasteiger partial charge >= 0.3 is 5.97 Å². The number of nitrogens with zero attached hydrogens (tertiary/aromatic N) is 2. The van der Waals surface area contributed by atoms with Gasteiger partial charge in [0.15, 0.2) is 0 Å². The van der Waals surface area contributed by atoms with Crippen molar-refractivity contribution in [3.05, 3.63) is 101 Å². The van der Waals surface area contributed by atoms with Crippen molar-refractivity contribution in [2.24, 2.45) is 0 Å². The Morgan fingerprint density at radius 3 is 2.84 bits per heavy atom. The van der Waals surface area contributed by atoms with Gasteiger partial charge in [-0.3, -0.25) is 4.90 Å². The van der Waals surface area contributed by atoms with Crippen LogP contribution in [0.15, 0.2) is 73.1 Å². The Bertz CT molecular complexity index is 1560. The average molecular weight is 518 g/mol. The molecular weight excluding hydrogens is 486 g/mol. The zero-order valence-corrected chi connectivity index (χ0v) is 21.9. The fourth-order valence-corrected chi connectivity index (χ4v) is 6.17. The molecule has 1 N–H and O–H groups in total. The number of fused-ring (bicyclic) bond motifs is 2. The summed E-state index contributed by atoms with van der Waals surface area (Å²) in [5.74, 6) is -0.379. The number of carbonyl (C=O) groups is 1. The largest absolute Gasteiger partial charge is 0.466 e. The molecule has 2 aromatic heterocycles. The Hall–Kier alpha value is -3.62. The summed E-state index contributed by atoms with van der Waals surface area (Å²) in [6, 6.07) is 18.4. The van der Waals surface area contributed by atoms with Crippen molar-refractivity contribution in [1.29, 1.82) is 0 Å². The molecule has 8 heteroatoms. The van der Waals surface area contributed by atoms with E-state index in [9.17, 15) is 13.2 Å². The molecule has 5 rings (SSSR count). The summed E-state index contributed by atoms with van der Waals surface area (Å²) < 4.78 is 30.8. The lowest BCUT2D eigenvalue weighted by Crippen LogP contribution is -2.31. The molecular formula is C29H31N3O4S. The van der Waals surface area contributed by atoms with E-state index in [1.54, 1.807) is 18.3 Å². The fraction of sp³-hybridized carbons (Fsp3) is 0.276. The molecule has 0 aliphatic heterocycles. The van der Waals surface area contributed by atoms with Gasteiger partial charge in [0, 0.05) is 54.2 Å². The summed E-state index contributed by atoms with van der Waals surface area (Å²) in [6.07, 6.45) is 10.9. The number of H-pyrrole nitrogens is 1. The van der Waals surface area contributed by atoms with Crippen LogP contribution in [-0.2, 0) is 38.9 Å². The van der Waals surface area contributed by atoms with Crippen LogP contribution in [0.5, 0.6) is 0 Å². The zero-order valence-electron chi connectivity index (χ0n) is 21.1. The van der Waals surface area contributed by atoms with E-state index in [1.807, 2.05) is 18.2 Å². The molecule has 192 valence electrons. The van der Waals surface area contributed by atoms with Crippen LogP contribution in [0.3, 0.4) is 0 Å². The molecule has 7 nitrogen and oxygen atoms in total. The number of aromatic amines is 1. The molecule has 0 radical (unpaired) electrons. The number of hydrogen-bond acceptors (Lipinski definition) is 5. The highest BCUT2D eigenvalue weighted by Gasteiger charge is 2.29. The van der Waals surface area contributed by atoms with Crippen molar-refractivity contribution >= 4 is 33.0 Å². The number of benzene rings is 2. The maximum atomic E-state index is 12.4. The molecule has 0 amide bonds. The van der Waals surface area contributed by atoms with E-state index in [1.165, 1.54) is 45.5 Å². The van der Waals surface area contributed by atoms with Crippen LogP contribution in [0.1, 0.15) is 40.4 Å². The molecule has 0 spiro atoms. The van der Waals surface area contributed by atoms with Crippen LogP contribution in [0.25, 0.3) is 17.0 Å². The third kappa shape index (κ3) is 5.40. The Labute approximate surface area is 217 Å². The summed E-state index contributed by atoms with van der Waals surface area (Å²) in [5, 5.41) is 1.22. The molecule has 1 aliphatic rings. The summed E-state index contributed by atoms with van der Waals surface area (Å²) >= 11 is 0. The topological polar surface area (TPSA) is 84.4 Å². The molecule has 0 fully saturated rings. The lowest BCUT2D eigenvalue weighted by atomic mass is 10.0. The van der Waals surface area contributed by atoms with Crippen molar-refractivity contribution < 1.29 is 17.9 Å². The van der Waals surface area contributed by atoms with Gasteiger partial charge in [0.05, 0.1) is 13.4 Å². The van der Waals surface area contributed by atoms with Crippen LogP contribution in [0, 0.1) is 0 Å². The van der Waals surface area contributed by atoms with Gasteiger partial charge in [-0.2, -0.15) is 0 Å². The second-order valence-corrected chi connectivity index (χ2v) is 11.4. The highest BCUT2D eigenvalue weighted by Crippen LogP contribution is 2.37. The molecule has 0 bridgehead atoms. The molecule has 1 atom stereocenters. The van der Waals surface area contributed by atoms with Gasteiger partial charge in [-0.05, 0) is 65.8 Å². The Morgan fingerprint density at radius 1 is 1.19 bits per heavy atom. The number of nitrogens with one attached hydrogen (secondary N) is 1. The summed E-state index contributed by atoms with van der Waals surface area (Å²) in [4.78, 5) is 17.3. The van der Waals surface area contributed by atoms with Crippen LogP contribution in [0.2, 0.25) is 0 Å². The molecule has 0 saturated heterocycles. The number of methoxy groups -OCH3 is 1. The Morgan fingerprint density at radius 2 is 2.03 bits per heavy atom. The smallest absolute Gasteiger partial charge is 0.330 e. The first-order valence-electron chi connectivity index (χ1n) is 12.4. The summed E-state index contributed by atoms with van der Waals surface area (Å²) in [7, 11) is -2.02. The minimum Gasteiger partial charge on any atom is -0.466 e. The predicted octanol–water partition coefficient (Wildman–Crippen LogP) is 4.70. The van der Waals surface area contributed by atoms with Gasteiger partial charge in [-0.1, -0.05) is 36.4 Å². The minimum absolute atomic E-state index is 0.168. The number of hydrogen-bond donors (Lipinski definition) is 1. The van der Waals surface area contributed by atoms with Gasteiger partial charge in [0.25, 0.3) is 0 Å².